The third kappa shape index (κ3) is 3.47. The minimum atomic E-state index is 0.489. The highest BCUT2D eigenvalue weighted by molar-refractivity contribution is 5.86. The fraction of sp³-hybridized carbons (Fsp3) is 0.368. The Morgan fingerprint density at radius 1 is 1.00 bits per heavy atom. The maximum Gasteiger partial charge on any atom is 0.00214 e. The number of hydrogen-bond acceptors (Lipinski definition) is 0. The molecule has 0 aliphatic rings. The van der Waals surface area contributed by atoms with E-state index in [0.717, 1.165) is 0 Å². The second-order valence-electron chi connectivity index (χ2n) is 5.26. The first kappa shape index (κ1) is 13.9. The van der Waals surface area contributed by atoms with Gasteiger partial charge in [-0.3, -0.25) is 0 Å². The van der Waals surface area contributed by atoms with Gasteiger partial charge in [-0.05, 0) is 22.8 Å². The highest BCUT2D eigenvalue weighted by Gasteiger charge is 2.10. The lowest BCUT2D eigenvalue weighted by atomic mass is 9.89. The van der Waals surface area contributed by atoms with Crippen molar-refractivity contribution in [2.75, 3.05) is 0 Å². The molecular formula is C19H24. The van der Waals surface area contributed by atoms with Gasteiger partial charge < -0.3 is 0 Å². The zero-order chi connectivity index (χ0) is 13.5. The molecule has 2 rings (SSSR count). The van der Waals surface area contributed by atoms with Crippen molar-refractivity contribution >= 4 is 10.8 Å². The summed E-state index contributed by atoms with van der Waals surface area (Å²) in [7, 11) is 0. The van der Waals surface area contributed by atoms with Gasteiger partial charge in [0.05, 0.1) is 0 Å². The summed E-state index contributed by atoms with van der Waals surface area (Å²) in [4.78, 5) is 0. The molecule has 0 bridgehead atoms. The van der Waals surface area contributed by atoms with Gasteiger partial charge in [0, 0.05) is 5.92 Å². The standard InChI is InChI=1S/C19H24/c1-3-5-6-7-11-16(4-2)18-15-10-13-17-12-8-9-14-19(17)18/h4,8-10,12-16H,2-3,5-7,11H2,1H3/t16-/m1/s1. The van der Waals surface area contributed by atoms with Gasteiger partial charge in [-0.15, -0.1) is 6.58 Å². The summed E-state index contributed by atoms with van der Waals surface area (Å²) in [5, 5.41) is 2.71. The van der Waals surface area contributed by atoms with E-state index in [9.17, 15) is 0 Å². The highest BCUT2D eigenvalue weighted by atomic mass is 14.1. The van der Waals surface area contributed by atoms with Crippen LogP contribution >= 0.6 is 0 Å². The van der Waals surface area contributed by atoms with E-state index < -0.39 is 0 Å². The fourth-order valence-corrected chi connectivity index (χ4v) is 2.77. The van der Waals surface area contributed by atoms with E-state index in [0.29, 0.717) is 5.92 Å². The summed E-state index contributed by atoms with van der Waals surface area (Å²) in [5.41, 5.74) is 1.43. The summed E-state index contributed by atoms with van der Waals surface area (Å²) in [6.45, 7) is 6.30. The predicted octanol–water partition coefficient (Wildman–Crippen LogP) is 6.08. The van der Waals surface area contributed by atoms with Crippen molar-refractivity contribution in [2.45, 2.75) is 44.9 Å². The molecule has 0 amide bonds. The van der Waals surface area contributed by atoms with Crippen LogP contribution in [0.5, 0.6) is 0 Å². The molecule has 100 valence electrons. The number of benzene rings is 2. The van der Waals surface area contributed by atoms with E-state index in [-0.39, 0.29) is 0 Å². The van der Waals surface area contributed by atoms with Gasteiger partial charge in [0.25, 0.3) is 0 Å². The van der Waals surface area contributed by atoms with Gasteiger partial charge in [0.1, 0.15) is 0 Å². The number of fused-ring (bicyclic) bond motifs is 1. The van der Waals surface area contributed by atoms with Gasteiger partial charge in [-0.25, -0.2) is 0 Å². The first-order valence-corrected chi connectivity index (χ1v) is 7.47. The normalized spacial score (nSPS) is 12.5. The van der Waals surface area contributed by atoms with Gasteiger partial charge in [0.15, 0.2) is 0 Å². The van der Waals surface area contributed by atoms with Crippen LogP contribution in [0.4, 0.5) is 0 Å². The molecular weight excluding hydrogens is 228 g/mol. The van der Waals surface area contributed by atoms with E-state index in [1.54, 1.807) is 0 Å². The summed E-state index contributed by atoms with van der Waals surface area (Å²) in [6, 6.07) is 15.3. The van der Waals surface area contributed by atoms with E-state index >= 15 is 0 Å². The average Bonchev–Trinajstić information content (AvgIpc) is 2.47. The SMILES string of the molecule is C=C[C@H](CCCCCC)c1cccc2ccccc12. The monoisotopic (exact) mass is 252 g/mol. The maximum absolute atomic E-state index is 4.04. The summed E-state index contributed by atoms with van der Waals surface area (Å²) >= 11 is 0. The largest absolute Gasteiger partial charge is 0.102 e. The molecule has 0 spiro atoms. The molecule has 1 atom stereocenters. The third-order valence-electron chi connectivity index (χ3n) is 3.88. The molecule has 0 heterocycles. The molecule has 2 aromatic rings. The Morgan fingerprint density at radius 3 is 2.58 bits per heavy atom. The lowest BCUT2D eigenvalue weighted by Crippen LogP contribution is -1.96. The Kier molecular flexibility index (Phi) is 5.20. The lowest BCUT2D eigenvalue weighted by Gasteiger charge is -2.15. The molecule has 0 aliphatic heterocycles. The fourth-order valence-electron chi connectivity index (χ4n) is 2.77. The van der Waals surface area contributed by atoms with E-state index in [1.165, 1.54) is 48.4 Å². The van der Waals surface area contributed by atoms with E-state index in [1.807, 2.05) is 0 Å². The Bertz CT molecular complexity index is 519. The first-order valence-electron chi connectivity index (χ1n) is 7.47. The molecule has 2 aromatic carbocycles. The second kappa shape index (κ2) is 7.13. The lowest BCUT2D eigenvalue weighted by molar-refractivity contribution is 0.606. The molecule has 19 heavy (non-hydrogen) atoms. The van der Waals surface area contributed by atoms with E-state index in [4.69, 9.17) is 0 Å². The van der Waals surface area contributed by atoms with E-state index in [2.05, 4.69) is 62.0 Å². The first-order chi connectivity index (χ1) is 9.36. The Hall–Kier alpha value is -1.56. The Morgan fingerprint density at radius 2 is 1.79 bits per heavy atom. The maximum atomic E-state index is 4.04. The zero-order valence-corrected chi connectivity index (χ0v) is 11.9. The van der Waals surface area contributed by atoms with Crippen molar-refractivity contribution in [1.29, 1.82) is 0 Å². The molecule has 0 saturated heterocycles. The minimum Gasteiger partial charge on any atom is -0.102 e. The van der Waals surface area contributed by atoms with Gasteiger partial charge >= 0.3 is 0 Å². The van der Waals surface area contributed by atoms with Crippen LogP contribution in [0.3, 0.4) is 0 Å². The molecule has 0 aliphatic carbocycles. The molecule has 0 fully saturated rings. The van der Waals surface area contributed by atoms with Crippen molar-refractivity contribution < 1.29 is 0 Å². The van der Waals surface area contributed by atoms with Crippen molar-refractivity contribution in [3.8, 4) is 0 Å². The summed E-state index contributed by atoms with van der Waals surface area (Å²) < 4.78 is 0. The molecule has 0 heteroatoms. The van der Waals surface area contributed by atoms with Crippen molar-refractivity contribution in [3.05, 3.63) is 60.7 Å². The topological polar surface area (TPSA) is 0 Å². The summed E-state index contributed by atoms with van der Waals surface area (Å²) in [6.07, 6.45) is 8.62. The van der Waals surface area contributed by atoms with Crippen LogP contribution in [0.2, 0.25) is 0 Å². The van der Waals surface area contributed by atoms with Crippen LogP contribution in [-0.4, -0.2) is 0 Å². The Labute approximate surface area is 117 Å². The quantitative estimate of drug-likeness (QED) is 0.414. The number of allylic oxidation sites excluding steroid dienone is 1. The zero-order valence-electron chi connectivity index (χ0n) is 11.9. The van der Waals surface area contributed by atoms with Crippen LogP contribution in [0, 0.1) is 0 Å². The van der Waals surface area contributed by atoms with Crippen LogP contribution < -0.4 is 0 Å². The molecule has 0 nitrogen and oxygen atoms in total. The number of unbranched alkanes of at least 4 members (excludes halogenated alkanes) is 3. The minimum absolute atomic E-state index is 0.489. The third-order valence-corrected chi connectivity index (χ3v) is 3.88. The smallest absolute Gasteiger partial charge is 0.00214 e. The number of hydrogen-bond donors (Lipinski definition) is 0. The van der Waals surface area contributed by atoms with Crippen molar-refractivity contribution in [2.24, 2.45) is 0 Å². The van der Waals surface area contributed by atoms with Crippen LogP contribution in [0.15, 0.2) is 55.1 Å². The van der Waals surface area contributed by atoms with Crippen molar-refractivity contribution in [3.63, 3.8) is 0 Å². The average molecular weight is 252 g/mol. The molecule has 0 aromatic heterocycles. The molecule has 0 radical (unpaired) electrons. The molecule has 0 unspecified atom stereocenters. The summed E-state index contributed by atoms with van der Waals surface area (Å²) in [5.74, 6) is 0.489. The molecule has 0 N–H and O–H groups in total. The van der Waals surface area contributed by atoms with Crippen LogP contribution in [0.1, 0.15) is 50.5 Å². The number of rotatable bonds is 7. The van der Waals surface area contributed by atoms with Gasteiger partial charge in [-0.1, -0.05) is 81.1 Å². The predicted molar refractivity (Wildman–Crippen MR) is 85.6 cm³/mol. The van der Waals surface area contributed by atoms with Gasteiger partial charge in [-0.2, -0.15) is 0 Å². The van der Waals surface area contributed by atoms with Crippen molar-refractivity contribution in [1.82, 2.24) is 0 Å². The van der Waals surface area contributed by atoms with Gasteiger partial charge in [0.2, 0.25) is 0 Å². The highest BCUT2D eigenvalue weighted by Crippen LogP contribution is 2.30. The Balaban J connectivity index is 2.18. The molecule has 0 saturated carbocycles. The second-order valence-corrected chi connectivity index (χ2v) is 5.26. The van der Waals surface area contributed by atoms with Crippen LogP contribution in [0.25, 0.3) is 10.8 Å². The van der Waals surface area contributed by atoms with Crippen LogP contribution in [-0.2, 0) is 0 Å².